The average molecular weight is 287 g/mol. The second-order valence-corrected chi connectivity index (χ2v) is 4.71. The van der Waals surface area contributed by atoms with E-state index in [2.05, 4.69) is 12.2 Å². The number of benzene rings is 2. The van der Waals surface area contributed by atoms with Gasteiger partial charge in [0.25, 0.3) is 0 Å². The summed E-state index contributed by atoms with van der Waals surface area (Å²) in [6, 6.07) is 13.0. The van der Waals surface area contributed by atoms with Gasteiger partial charge in [0.15, 0.2) is 6.04 Å². The molecule has 2 aromatic rings. The van der Waals surface area contributed by atoms with Crippen LogP contribution in [0.1, 0.15) is 24.1 Å². The molecule has 0 spiro atoms. The molecule has 0 aliphatic rings. The lowest BCUT2D eigenvalue weighted by Crippen LogP contribution is -2.22. The maximum Gasteiger partial charge on any atom is 0.332 e. The number of esters is 1. The number of carbonyl (C=O) groups is 1. The summed E-state index contributed by atoms with van der Waals surface area (Å²) in [5.41, 5.74) is 2.50. The Labute approximate surface area is 123 Å². The van der Waals surface area contributed by atoms with Crippen molar-refractivity contribution in [2.24, 2.45) is 0 Å². The van der Waals surface area contributed by atoms with Gasteiger partial charge in [-0.05, 0) is 35.7 Å². The highest BCUT2D eigenvalue weighted by Crippen LogP contribution is 2.22. The summed E-state index contributed by atoms with van der Waals surface area (Å²) < 4.78 is 18.1. The monoisotopic (exact) mass is 287 g/mol. The predicted molar refractivity (Wildman–Crippen MR) is 80.6 cm³/mol. The van der Waals surface area contributed by atoms with E-state index in [0.717, 1.165) is 12.0 Å². The molecule has 0 radical (unpaired) electrons. The molecule has 0 fully saturated rings. The molecule has 1 atom stereocenters. The highest BCUT2D eigenvalue weighted by Gasteiger charge is 2.21. The van der Waals surface area contributed by atoms with Crippen LogP contribution in [-0.2, 0) is 16.0 Å². The zero-order valence-corrected chi connectivity index (χ0v) is 12.1. The molecular formula is C17H18FNO2. The summed E-state index contributed by atoms with van der Waals surface area (Å²) in [7, 11) is 1.34. The quantitative estimate of drug-likeness (QED) is 0.852. The van der Waals surface area contributed by atoms with Gasteiger partial charge in [0.1, 0.15) is 5.82 Å². The van der Waals surface area contributed by atoms with Crippen LogP contribution in [0.15, 0.2) is 48.5 Å². The second-order valence-electron chi connectivity index (χ2n) is 4.71. The summed E-state index contributed by atoms with van der Waals surface area (Å²) in [5, 5.41) is 3.01. The molecule has 3 nitrogen and oxygen atoms in total. The number of carbonyl (C=O) groups excluding carboxylic acids is 1. The number of aryl methyl sites for hydroxylation is 1. The summed E-state index contributed by atoms with van der Waals surface area (Å²) in [6.07, 6.45) is 0.931. The average Bonchev–Trinajstić information content (AvgIpc) is 2.52. The molecule has 2 rings (SSSR count). The highest BCUT2D eigenvalue weighted by molar-refractivity contribution is 5.81. The number of nitrogens with one attached hydrogen (secondary N) is 1. The highest BCUT2D eigenvalue weighted by atomic mass is 19.1. The van der Waals surface area contributed by atoms with Crippen molar-refractivity contribution in [2.45, 2.75) is 19.4 Å². The molecule has 0 amide bonds. The maximum atomic E-state index is 13.2. The number of methoxy groups -OCH3 is 1. The Morgan fingerprint density at radius 1 is 1.24 bits per heavy atom. The third-order valence-electron chi connectivity index (χ3n) is 3.29. The number of hydrogen-bond acceptors (Lipinski definition) is 3. The van der Waals surface area contributed by atoms with E-state index in [-0.39, 0.29) is 5.82 Å². The molecular weight excluding hydrogens is 269 g/mol. The van der Waals surface area contributed by atoms with Crippen molar-refractivity contribution in [2.75, 3.05) is 12.4 Å². The van der Waals surface area contributed by atoms with Crippen LogP contribution in [0, 0.1) is 5.82 Å². The molecule has 2 aromatic carbocycles. The van der Waals surface area contributed by atoms with Gasteiger partial charge in [-0.3, -0.25) is 0 Å². The van der Waals surface area contributed by atoms with Crippen molar-refractivity contribution in [3.05, 3.63) is 65.5 Å². The largest absolute Gasteiger partial charge is 0.467 e. The van der Waals surface area contributed by atoms with Crippen LogP contribution in [0.5, 0.6) is 0 Å². The van der Waals surface area contributed by atoms with E-state index in [4.69, 9.17) is 4.74 Å². The van der Waals surface area contributed by atoms with E-state index in [1.54, 1.807) is 12.1 Å². The van der Waals surface area contributed by atoms with Crippen LogP contribution < -0.4 is 5.32 Å². The van der Waals surface area contributed by atoms with Gasteiger partial charge in [0.2, 0.25) is 0 Å². The lowest BCUT2D eigenvalue weighted by molar-refractivity contribution is -0.141. The Balaban J connectivity index is 2.27. The van der Waals surface area contributed by atoms with E-state index in [1.807, 2.05) is 24.3 Å². The van der Waals surface area contributed by atoms with Crippen LogP contribution in [0.4, 0.5) is 10.1 Å². The van der Waals surface area contributed by atoms with Crippen LogP contribution in [0.25, 0.3) is 0 Å². The number of rotatable bonds is 5. The topological polar surface area (TPSA) is 38.3 Å². The summed E-state index contributed by atoms with van der Waals surface area (Å²) in [5.74, 6) is -0.770. The molecule has 1 N–H and O–H groups in total. The fourth-order valence-electron chi connectivity index (χ4n) is 2.09. The van der Waals surface area contributed by atoms with Crippen molar-refractivity contribution in [3.63, 3.8) is 0 Å². The van der Waals surface area contributed by atoms with Crippen molar-refractivity contribution in [1.82, 2.24) is 0 Å². The fourth-order valence-corrected chi connectivity index (χ4v) is 2.09. The maximum absolute atomic E-state index is 13.2. The lowest BCUT2D eigenvalue weighted by atomic mass is 10.0. The Hall–Kier alpha value is -2.36. The molecule has 21 heavy (non-hydrogen) atoms. The van der Waals surface area contributed by atoms with Gasteiger partial charge >= 0.3 is 5.97 Å². The summed E-state index contributed by atoms with van der Waals surface area (Å²) in [4.78, 5) is 12.0. The normalized spacial score (nSPS) is 11.8. The Kier molecular flexibility index (Phi) is 4.93. The molecule has 0 bridgehead atoms. The summed E-state index contributed by atoms with van der Waals surface area (Å²) in [6.45, 7) is 2.07. The van der Waals surface area contributed by atoms with Gasteiger partial charge in [0.05, 0.1) is 7.11 Å². The molecule has 4 heteroatoms. The molecule has 0 aliphatic heterocycles. The standard InChI is InChI=1S/C17H18FNO2/c1-3-12-7-9-13(10-8-12)16(17(20)21-2)19-15-6-4-5-14(18)11-15/h4-11,16,19H,3H2,1-2H3. The van der Waals surface area contributed by atoms with E-state index in [0.29, 0.717) is 5.69 Å². The van der Waals surface area contributed by atoms with E-state index < -0.39 is 12.0 Å². The molecule has 1 unspecified atom stereocenters. The zero-order chi connectivity index (χ0) is 15.2. The molecule has 0 saturated heterocycles. The van der Waals surface area contributed by atoms with Crippen LogP contribution >= 0.6 is 0 Å². The van der Waals surface area contributed by atoms with Gasteiger partial charge < -0.3 is 10.1 Å². The minimum atomic E-state index is -0.664. The fraction of sp³-hybridized carbons (Fsp3) is 0.235. The molecule has 110 valence electrons. The first-order valence-electron chi connectivity index (χ1n) is 6.82. The minimum absolute atomic E-state index is 0.357. The Bertz CT molecular complexity index is 610. The van der Waals surface area contributed by atoms with E-state index in [9.17, 15) is 9.18 Å². The molecule has 0 aromatic heterocycles. The first-order chi connectivity index (χ1) is 10.1. The van der Waals surface area contributed by atoms with Gasteiger partial charge in [-0.1, -0.05) is 37.3 Å². The minimum Gasteiger partial charge on any atom is -0.467 e. The van der Waals surface area contributed by atoms with Gasteiger partial charge in [-0.25, -0.2) is 9.18 Å². The smallest absolute Gasteiger partial charge is 0.332 e. The van der Waals surface area contributed by atoms with Crippen LogP contribution in [-0.4, -0.2) is 13.1 Å². The van der Waals surface area contributed by atoms with Gasteiger partial charge in [0, 0.05) is 5.69 Å². The van der Waals surface area contributed by atoms with Gasteiger partial charge in [-0.2, -0.15) is 0 Å². The van der Waals surface area contributed by atoms with E-state index >= 15 is 0 Å². The summed E-state index contributed by atoms with van der Waals surface area (Å²) >= 11 is 0. The molecule has 0 aliphatic carbocycles. The van der Waals surface area contributed by atoms with E-state index in [1.165, 1.54) is 24.8 Å². The third kappa shape index (κ3) is 3.81. The second kappa shape index (κ2) is 6.88. The molecule has 0 saturated carbocycles. The van der Waals surface area contributed by atoms with Crippen LogP contribution in [0.3, 0.4) is 0 Å². The van der Waals surface area contributed by atoms with Crippen molar-refractivity contribution >= 4 is 11.7 Å². The zero-order valence-electron chi connectivity index (χ0n) is 12.1. The predicted octanol–water partition coefficient (Wildman–Crippen LogP) is 3.71. The lowest BCUT2D eigenvalue weighted by Gasteiger charge is -2.18. The van der Waals surface area contributed by atoms with Gasteiger partial charge in [-0.15, -0.1) is 0 Å². The van der Waals surface area contributed by atoms with Crippen molar-refractivity contribution in [3.8, 4) is 0 Å². The van der Waals surface area contributed by atoms with Crippen molar-refractivity contribution in [1.29, 1.82) is 0 Å². The number of hydrogen-bond donors (Lipinski definition) is 1. The first kappa shape index (κ1) is 15.0. The SMILES string of the molecule is CCc1ccc(C(Nc2cccc(F)c2)C(=O)OC)cc1. The number of ether oxygens (including phenoxy) is 1. The third-order valence-corrected chi connectivity index (χ3v) is 3.29. The van der Waals surface area contributed by atoms with Crippen molar-refractivity contribution < 1.29 is 13.9 Å². The Morgan fingerprint density at radius 2 is 1.95 bits per heavy atom. The molecule has 0 heterocycles. The Morgan fingerprint density at radius 3 is 2.52 bits per heavy atom. The number of anilines is 1. The van der Waals surface area contributed by atoms with Crippen LogP contribution in [0.2, 0.25) is 0 Å². The number of halogens is 1. The first-order valence-corrected chi connectivity index (χ1v) is 6.82.